The Kier molecular flexibility index (Phi) is 7.53. The van der Waals surface area contributed by atoms with Gasteiger partial charge in [0.25, 0.3) is 0 Å². The molecule has 0 amide bonds. The number of nitrogens with zero attached hydrogens (tertiary/aromatic N) is 2. The van der Waals surface area contributed by atoms with Crippen molar-refractivity contribution in [3.8, 4) is 11.1 Å². The van der Waals surface area contributed by atoms with Gasteiger partial charge in [0.15, 0.2) is 0 Å². The molecule has 8 nitrogen and oxygen atoms in total. The zero-order valence-corrected chi connectivity index (χ0v) is 20.0. The van der Waals surface area contributed by atoms with Crippen molar-refractivity contribution in [2.45, 2.75) is 50.0 Å². The summed E-state index contributed by atoms with van der Waals surface area (Å²) >= 11 is 0. The summed E-state index contributed by atoms with van der Waals surface area (Å²) in [7, 11) is 2.22. The largest absolute Gasteiger partial charge is 0.478 e. The molecule has 2 bridgehead atoms. The number of nitrogens with one attached hydrogen (secondary N) is 2. The molecule has 2 saturated heterocycles. The minimum atomic E-state index is -4.38. The molecular formula is C26H27F3N4O4. The van der Waals surface area contributed by atoms with Crippen LogP contribution in [0, 0.1) is 0 Å². The normalized spacial score (nSPS) is 21.6. The van der Waals surface area contributed by atoms with Gasteiger partial charge in [0.05, 0.1) is 5.69 Å². The van der Waals surface area contributed by atoms with E-state index >= 15 is 0 Å². The van der Waals surface area contributed by atoms with E-state index < -0.39 is 23.8 Å². The van der Waals surface area contributed by atoms with Crippen molar-refractivity contribution in [2.24, 2.45) is 0 Å². The van der Waals surface area contributed by atoms with Crippen LogP contribution in [0.1, 0.15) is 31.4 Å². The fraction of sp³-hybridized carbons (Fsp3) is 0.346. The molecule has 2 aliphatic rings. The third-order valence-corrected chi connectivity index (χ3v) is 6.84. The summed E-state index contributed by atoms with van der Waals surface area (Å²) in [5.74, 6) is -2.51. The van der Waals surface area contributed by atoms with Crippen molar-refractivity contribution in [1.29, 1.82) is 0 Å². The lowest BCUT2D eigenvalue weighted by atomic mass is 9.97. The number of carboxylic acids is 2. The lowest BCUT2D eigenvalue weighted by Crippen LogP contribution is -2.44. The van der Waals surface area contributed by atoms with E-state index in [1.807, 2.05) is 18.3 Å². The summed E-state index contributed by atoms with van der Waals surface area (Å²) in [4.78, 5) is 28.4. The molecule has 2 aromatic heterocycles. The van der Waals surface area contributed by atoms with Gasteiger partial charge in [-0.25, -0.2) is 9.59 Å². The number of aliphatic carboxylic acids is 2. The van der Waals surface area contributed by atoms with Crippen LogP contribution >= 0.6 is 0 Å². The van der Waals surface area contributed by atoms with E-state index in [0.717, 1.165) is 35.7 Å². The van der Waals surface area contributed by atoms with Crippen LogP contribution in [0.2, 0.25) is 0 Å². The van der Waals surface area contributed by atoms with Gasteiger partial charge in [0.2, 0.25) is 0 Å². The topological polar surface area (TPSA) is 119 Å². The Morgan fingerprint density at radius 2 is 1.68 bits per heavy atom. The average molecular weight is 517 g/mol. The van der Waals surface area contributed by atoms with Gasteiger partial charge in [0, 0.05) is 59.1 Å². The van der Waals surface area contributed by atoms with E-state index in [2.05, 4.69) is 27.2 Å². The lowest BCUT2D eigenvalue weighted by Gasteiger charge is -2.37. The van der Waals surface area contributed by atoms with E-state index in [1.165, 1.54) is 12.8 Å². The number of hydrogen-bond donors (Lipinski definition) is 4. The molecular weight excluding hydrogens is 489 g/mol. The molecule has 0 saturated carbocycles. The minimum absolute atomic E-state index is 0.433. The number of benzene rings is 1. The second kappa shape index (κ2) is 10.6. The predicted molar refractivity (Wildman–Crippen MR) is 132 cm³/mol. The molecule has 196 valence electrons. The maximum Gasteiger partial charge on any atom is 0.431 e. The molecule has 4 heterocycles. The van der Waals surface area contributed by atoms with Gasteiger partial charge in [-0.3, -0.25) is 4.98 Å². The Bertz CT molecular complexity index is 1290. The highest BCUT2D eigenvalue weighted by Crippen LogP contribution is 2.36. The van der Waals surface area contributed by atoms with Gasteiger partial charge in [-0.05, 0) is 62.6 Å². The quantitative estimate of drug-likeness (QED) is 0.353. The molecule has 1 unspecified atom stereocenters. The Balaban J connectivity index is 0.000000349. The van der Waals surface area contributed by atoms with Gasteiger partial charge in [-0.1, -0.05) is 6.07 Å². The number of hydrogen-bond acceptors (Lipinski definition) is 5. The summed E-state index contributed by atoms with van der Waals surface area (Å²) < 4.78 is 38.9. The number of aromatic amines is 1. The number of aromatic nitrogens is 2. The molecule has 11 heteroatoms. The minimum Gasteiger partial charge on any atom is -0.478 e. The number of fused-ring (bicyclic) bond motifs is 3. The number of halogens is 3. The van der Waals surface area contributed by atoms with Crippen molar-refractivity contribution in [2.75, 3.05) is 12.4 Å². The first-order valence-electron chi connectivity index (χ1n) is 11.8. The number of H-pyrrole nitrogens is 1. The Morgan fingerprint density at radius 3 is 2.27 bits per heavy atom. The van der Waals surface area contributed by atoms with Crippen LogP contribution in [-0.4, -0.2) is 62.2 Å². The summed E-state index contributed by atoms with van der Waals surface area (Å²) in [5.41, 5.74) is 2.45. The number of rotatable bonds is 5. The van der Waals surface area contributed by atoms with Crippen molar-refractivity contribution in [3.63, 3.8) is 0 Å². The highest BCUT2D eigenvalue weighted by molar-refractivity contribution is 5.89. The molecule has 37 heavy (non-hydrogen) atoms. The van der Waals surface area contributed by atoms with E-state index in [-0.39, 0.29) is 0 Å². The smallest absolute Gasteiger partial charge is 0.431 e. The molecule has 0 spiro atoms. The number of anilines is 1. The molecule has 2 fully saturated rings. The molecule has 3 aromatic rings. The van der Waals surface area contributed by atoms with Gasteiger partial charge >= 0.3 is 18.1 Å². The van der Waals surface area contributed by atoms with Gasteiger partial charge in [0.1, 0.15) is 5.69 Å². The number of pyridine rings is 1. The number of piperidine rings is 1. The summed E-state index contributed by atoms with van der Waals surface area (Å²) in [6.07, 6.45) is 5.12. The second-order valence-electron chi connectivity index (χ2n) is 9.32. The fourth-order valence-corrected chi connectivity index (χ4v) is 5.05. The van der Waals surface area contributed by atoms with Crippen molar-refractivity contribution >= 4 is 28.5 Å². The van der Waals surface area contributed by atoms with Gasteiger partial charge < -0.3 is 25.4 Å². The Labute approximate surface area is 210 Å². The van der Waals surface area contributed by atoms with E-state index in [1.54, 1.807) is 18.3 Å². The zero-order chi connectivity index (χ0) is 26.7. The van der Waals surface area contributed by atoms with Crippen molar-refractivity contribution in [3.05, 3.63) is 60.6 Å². The van der Waals surface area contributed by atoms with E-state index in [0.29, 0.717) is 41.2 Å². The molecule has 5 rings (SSSR count). The van der Waals surface area contributed by atoms with E-state index in [4.69, 9.17) is 10.2 Å². The van der Waals surface area contributed by atoms with Crippen LogP contribution in [0.5, 0.6) is 0 Å². The van der Waals surface area contributed by atoms with Crippen LogP contribution < -0.4 is 5.32 Å². The first-order chi connectivity index (χ1) is 17.5. The maximum atomic E-state index is 13.0. The van der Waals surface area contributed by atoms with Gasteiger partial charge in [-0.2, -0.15) is 13.2 Å². The first kappa shape index (κ1) is 26.2. The standard InChI is InChI=1S/C22H23F3N4.C4H4O4/c1-29-18-3-4-19(29)10-16(9-18)27-17-7-15(11-26-12-17)13-2-5-20-14(6-13)8-21(28-20)22(23,24)25;5-3(6)1-2-4(7)8/h2,5-8,11-12,16,18-19,27-28H,3-4,9-10H2,1H3;1-2H,(H,5,6)(H,7,8)/b;2-1+/t16?,18-,19+;. The third-order valence-electron chi connectivity index (χ3n) is 6.84. The molecule has 3 atom stereocenters. The summed E-state index contributed by atoms with van der Waals surface area (Å²) in [6.45, 7) is 0. The van der Waals surface area contributed by atoms with Crippen molar-refractivity contribution < 1.29 is 33.0 Å². The van der Waals surface area contributed by atoms with Gasteiger partial charge in [-0.15, -0.1) is 0 Å². The number of alkyl halides is 3. The average Bonchev–Trinajstić information content (AvgIpc) is 3.35. The van der Waals surface area contributed by atoms with E-state index in [9.17, 15) is 22.8 Å². The van der Waals surface area contributed by atoms with Crippen LogP contribution in [-0.2, 0) is 15.8 Å². The summed E-state index contributed by atoms with van der Waals surface area (Å²) in [5, 5.41) is 19.8. The zero-order valence-electron chi connectivity index (χ0n) is 20.0. The highest BCUT2D eigenvalue weighted by atomic mass is 19.4. The Hall–Kier alpha value is -3.86. The third kappa shape index (κ3) is 6.48. The first-order valence-corrected chi connectivity index (χ1v) is 11.8. The highest BCUT2D eigenvalue weighted by Gasteiger charge is 2.38. The Morgan fingerprint density at radius 1 is 1.03 bits per heavy atom. The van der Waals surface area contributed by atoms with Crippen LogP contribution in [0.15, 0.2) is 54.9 Å². The second-order valence-corrected chi connectivity index (χ2v) is 9.32. The SMILES string of the molecule is CN1[C@@H]2CC[C@H]1CC(Nc1cncc(-c3ccc4[nH]c(C(F)(F)F)cc4c3)c1)C2.O=C(O)/C=C/C(=O)O. The van der Waals surface area contributed by atoms with Crippen LogP contribution in [0.25, 0.3) is 22.0 Å². The van der Waals surface area contributed by atoms with Crippen molar-refractivity contribution in [1.82, 2.24) is 14.9 Å². The molecule has 4 N–H and O–H groups in total. The van der Waals surface area contributed by atoms with Crippen LogP contribution in [0.4, 0.5) is 18.9 Å². The fourth-order valence-electron chi connectivity index (χ4n) is 5.05. The lowest BCUT2D eigenvalue weighted by molar-refractivity contribution is -0.140. The maximum absolute atomic E-state index is 13.0. The van der Waals surface area contributed by atoms with Crippen LogP contribution in [0.3, 0.4) is 0 Å². The molecule has 1 aromatic carbocycles. The monoisotopic (exact) mass is 516 g/mol. The molecule has 2 aliphatic heterocycles. The molecule has 0 aliphatic carbocycles. The number of carboxylic acid groups (broad SMARTS) is 2. The predicted octanol–water partition coefficient (Wildman–Crippen LogP) is 5.00. The number of carbonyl (C=O) groups is 2. The summed E-state index contributed by atoms with van der Waals surface area (Å²) in [6, 6.07) is 10.2. The molecule has 0 radical (unpaired) electrons.